The van der Waals surface area contributed by atoms with E-state index in [9.17, 15) is 4.79 Å². The molecule has 1 aliphatic rings. The Labute approximate surface area is 168 Å². The predicted molar refractivity (Wildman–Crippen MR) is 110 cm³/mol. The third kappa shape index (κ3) is 3.25. The van der Waals surface area contributed by atoms with E-state index in [0.29, 0.717) is 24.6 Å². The number of hydrogen-bond acceptors (Lipinski definition) is 7. The summed E-state index contributed by atoms with van der Waals surface area (Å²) in [5.41, 5.74) is 1.59. The van der Waals surface area contributed by atoms with Crippen LogP contribution in [0.25, 0.3) is 10.2 Å². The van der Waals surface area contributed by atoms with Crippen LogP contribution in [-0.4, -0.2) is 42.2 Å². The van der Waals surface area contributed by atoms with Crippen LogP contribution in [0.15, 0.2) is 36.7 Å². The molecule has 0 N–H and O–H groups in total. The molecule has 3 aromatic rings. The fourth-order valence-electron chi connectivity index (χ4n) is 3.70. The van der Waals surface area contributed by atoms with Crippen LogP contribution in [0.3, 0.4) is 0 Å². The van der Waals surface area contributed by atoms with Gasteiger partial charge in [-0.25, -0.2) is 14.8 Å². The molecule has 0 spiro atoms. The first-order valence-corrected chi connectivity index (χ1v) is 10.2. The summed E-state index contributed by atoms with van der Waals surface area (Å²) in [5, 5.41) is 0.924. The number of esters is 1. The van der Waals surface area contributed by atoms with Gasteiger partial charge in [0.2, 0.25) is 0 Å². The summed E-state index contributed by atoms with van der Waals surface area (Å²) < 4.78 is 11.4. The largest absolute Gasteiger partial charge is 0.462 e. The molecule has 0 radical (unpaired) electrons. The van der Waals surface area contributed by atoms with Crippen LogP contribution in [0.1, 0.15) is 34.6 Å². The minimum atomic E-state index is -0.426. The Morgan fingerprint density at radius 2 is 2.11 bits per heavy atom. The van der Waals surface area contributed by atoms with Crippen molar-refractivity contribution in [2.45, 2.75) is 26.4 Å². The molecule has 1 unspecified atom stereocenters. The smallest absolute Gasteiger partial charge is 0.348 e. The molecule has 0 saturated carbocycles. The number of anilines is 1. The van der Waals surface area contributed by atoms with E-state index in [-0.39, 0.29) is 5.97 Å². The molecular weight excluding hydrogens is 374 g/mol. The van der Waals surface area contributed by atoms with E-state index in [0.717, 1.165) is 33.7 Å². The highest BCUT2D eigenvalue weighted by Gasteiger charge is 2.35. The highest BCUT2D eigenvalue weighted by molar-refractivity contribution is 7.20. The second kappa shape index (κ2) is 7.48. The molecule has 0 amide bonds. The molecule has 1 fully saturated rings. The Hall–Kier alpha value is -2.51. The normalized spacial score (nSPS) is 19.8. The summed E-state index contributed by atoms with van der Waals surface area (Å²) in [4.78, 5) is 24.9. The number of benzene rings is 1. The summed E-state index contributed by atoms with van der Waals surface area (Å²) in [7, 11) is 0. The summed E-state index contributed by atoms with van der Waals surface area (Å²) >= 11 is 1.36. The Morgan fingerprint density at radius 3 is 2.86 bits per heavy atom. The fourth-order valence-corrected chi connectivity index (χ4v) is 4.74. The Bertz CT molecular complexity index is 1000. The molecule has 4 rings (SSSR count). The number of thiophene rings is 1. The number of hydrogen-bond donors (Lipinski definition) is 0. The summed E-state index contributed by atoms with van der Waals surface area (Å²) in [6.07, 6.45) is 1.57. The topological polar surface area (TPSA) is 64.5 Å². The maximum absolute atomic E-state index is 12.3. The van der Waals surface area contributed by atoms with Gasteiger partial charge in [0, 0.05) is 6.54 Å². The number of rotatable bonds is 4. The summed E-state index contributed by atoms with van der Waals surface area (Å²) in [6, 6.07) is 10.2. The van der Waals surface area contributed by atoms with Gasteiger partial charge in [0.05, 0.1) is 25.1 Å². The van der Waals surface area contributed by atoms with E-state index in [1.165, 1.54) is 11.3 Å². The van der Waals surface area contributed by atoms with E-state index in [1.54, 1.807) is 6.33 Å². The van der Waals surface area contributed by atoms with Crippen molar-refractivity contribution in [2.24, 2.45) is 0 Å². The second-order valence-electron chi connectivity index (χ2n) is 7.02. The number of fused-ring (bicyclic) bond motifs is 1. The van der Waals surface area contributed by atoms with Crippen molar-refractivity contribution in [3.8, 4) is 0 Å². The molecule has 2 aromatic heterocycles. The van der Waals surface area contributed by atoms with Crippen LogP contribution in [0.4, 0.5) is 5.82 Å². The average Bonchev–Trinajstić information content (AvgIpc) is 3.06. The van der Waals surface area contributed by atoms with Gasteiger partial charge in [0.15, 0.2) is 0 Å². The molecule has 0 aliphatic carbocycles. The second-order valence-corrected chi connectivity index (χ2v) is 8.02. The molecule has 3 heterocycles. The third-order valence-corrected chi connectivity index (χ3v) is 6.31. The van der Waals surface area contributed by atoms with E-state index < -0.39 is 5.60 Å². The Balaban J connectivity index is 1.74. The lowest BCUT2D eigenvalue weighted by atomic mass is 9.93. The van der Waals surface area contributed by atoms with E-state index in [2.05, 4.69) is 33.9 Å². The number of nitrogens with zero attached hydrogens (tertiary/aromatic N) is 3. The van der Waals surface area contributed by atoms with Gasteiger partial charge in [-0.05, 0) is 31.9 Å². The van der Waals surface area contributed by atoms with Crippen LogP contribution in [0.5, 0.6) is 0 Å². The van der Waals surface area contributed by atoms with Gasteiger partial charge >= 0.3 is 5.97 Å². The number of carbonyl (C=O) groups excluding carboxylic acids is 1. The van der Waals surface area contributed by atoms with Gasteiger partial charge in [-0.15, -0.1) is 11.3 Å². The number of aryl methyl sites for hydroxylation is 1. The predicted octanol–water partition coefficient (Wildman–Crippen LogP) is 3.93. The van der Waals surface area contributed by atoms with Crippen LogP contribution < -0.4 is 4.90 Å². The SMILES string of the molecule is CCOC(=O)c1sc2ncnc(N3CCOC(C)(c4ccccc4)C3)c2c1C. The monoisotopic (exact) mass is 397 g/mol. The van der Waals surface area contributed by atoms with Gasteiger partial charge in [-0.1, -0.05) is 30.3 Å². The molecule has 1 saturated heterocycles. The van der Waals surface area contributed by atoms with Gasteiger partial charge in [-0.2, -0.15) is 0 Å². The maximum atomic E-state index is 12.3. The number of aromatic nitrogens is 2. The third-order valence-electron chi connectivity index (χ3n) is 5.13. The minimum Gasteiger partial charge on any atom is -0.462 e. The summed E-state index contributed by atoms with van der Waals surface area (Å²) in [6.45, 7) is 8.22. The van der Waals surface area contributed by atoms with Crippen molar-refractivity contribution in [2.75, 3.05) is 31.2 Å². The Kier molecular flexibility index (Phi) is 5.03. The zero-order valence-corrected chi connectivity index (χ0v) is 17.1. The van der Waals surface area contributed by atoms with Crippen molar-refractivity contribution < 1.29 is 14.3 Å². The van der Waals surface area contributed by atoms with Crippen molar-refractivity contribution in [3.63, 3.8) is 0 Å². The van der Waals surface area contributed by atoms with E-state index in [1.807, 2.05) is 32.0 Å². The van der Waals surface area contributed by atoms with Crippen LogP contribution in [0.2, 0.25) is 0 Å². The maximum Gasteiger partial charge on any atom is 0.348 e. The highest BCUT2D eigenvalue weighted by Crippen LogP contribution is 2.38. The molecule has 0 bridgehead atoms. The van der Waals surface area contributed by atoms with Crippen LogP contribution in [-0.2, 0) is 15.1 Å². The lowest BCUT2D eigenvalue weighted by Gasteiger charge is -2.41. The molecule has 28 heavy (non-hydrogen) atoms. The molecule has 1 atom stereocenters. The molecule has 1 aromatic carbocycles. The number of carbonyl (C=O) groups is 1. The van der Waals surface area contributed by atoms with Gasteiger partial charge in [0.25, 0.3) is 0 Å². The first-order chi connectivity index (χ1) is 13.5. The van der Waals surface area contributed by atoms with Gasteiger partial charge in [0.1, 0.15) is 27.5 Å². The zero-order chi connectivity index (χ0) is 19.7. The lowest BCUT2D eigenvalue weighted by molar-refractivity contribution is -0.0467. The van der Waals surface area contributed by atoms with Crippen LogP contribution >= 0.6 is 11.3 Å². The standard InChI is InChI=1S/C21H23N3O3S/c1-4-26-20(25)17-14(2)16-18(22-13-23-19(16)28-17)24-10-11-27-21(3,12-24)15-8-6-5-7-9-15/h5-9,13H,4,10-12H2,1-3H3. The zero-order valence-electron chi connectivity index (χ0n) is 16.3. The minimum absolute atomic E-state index is 0.301. The summed E-state index contributed by atoms with van der Waals surface area (Å²) in [5.74, 6) is 0.546. The molecule has 6 nitrogen and oxygen atoms in total. The van der Waals surface area contributed by atoms with Crippen molar-refractivity contribution in [1.82, 2.24) is 9.97 Å². The number of morpholine rings is 1. The number of ether oxygens (including phenoxy) is 2. The van der Waals surface area contributed by atoms with E-state index >= 15 is 0 Å². The Morgan fingerprint density at radius 1 is 1.32 bits per heavy atom. The van der Waals surface area contributed by atoms with E-state index in [4.69, 9.17) is 9.47 Å². The first-order valence-electron chi connectivity index (χ1n) is 9.39. The molecular formula is C21H23N3O3S. The van der Waals surface area contributed by atoms with Gasteiger partial charge in [-0.3, -0.25) is 0 Å². The quantitative estimate of drug-likeness (QED) is 0.622. The van der Waals surface area contributed by atoms with Crippen molar-refractivity contribution in [1.29, 1.82) is 0 Å². The fraction of sp³-hybridized carbons (Fsp3) is 0.381. The van der Waals surface area contributed by atoms with Crippen molar-refractivity contribution in [3.05, 3.63) is 52.7 Å². The molecule has 146 valence electrons. The highest BCUT2D eigenvalue weighted by atomic mass is 32.1. The lowest BCUT2D eigenvalue weighted by Crippen LogP contribution is -2.48. The molecule has 7 heteroatoms. The van der Waals surface area contributed by atoms with Crippen molar-refractivity contribution >= 4 is 33.3 Å². The average molecular weight is 398 g/mol. The molecule has 1 aliphatic heterocycles. The first kappa shape index (κ1) is 18.8. The van der Waals surface area contributed by atoms with Crippen LogP contribution in [0, 0.1) is 6.92 Å². The van der Waals surface area contributed by atoms with Gasteiger partial charge < -0.3 is 14.4 Å².